The summed E-state index contributed by atoms with van der Waals surface area (Å²) in [4.78, 5) is 38.3. The number of benzene rings is 2. The van der Waals surface area contributed by atoms with Crippen molar-refractivity contribution in [1.82, 2.24) is 4.90 Å². The summed E-state index contributed by atoms with van der Waals surface area (Å²) in [6, 6.07) is 12.6. The molecule has 0 bridgehead atoms. The van der Waals surface area contributed by atoms with Gasteiger partial charge in [-0.25, -0.2) is 0 Å². The minimum absolute atomic E-state index is 0.0668. The third kappa shape index (κ3) is 3.25. The highest BCUT2D eigenvalue weighted by Crippen LogP contribution is 2.28. The molecular weight excluding hydrogens is 328 g/mol. The molecule has 0 aromatic heterocycles. The Morgan fingerprint density at radius 1 is 1.00 bits per heavy atom. The molecule has 0 atom stereocenters. The van der Waals surface area contributed by atoms with E-state index in [0.717, 1.165) is 21.7 Å². The number of carbonyl (C=O) groups excluding carboxylic acids is 3. The van der Waals surface area contributed by atoms with Gasteiger partial charge in [-0.1, -0.05) is 44.2 Å². The van der Waals surface area contributed by atoms with Crippen molar-refractivity contribution in [2.24, 2.45) is 0 Å². The number of hydrogen-bond acceptors (Lipinski definition) is 3. The summed E-state index contributed by atoms with van der Waals surface area (Å²) >= 11 is 0. The Balaban J connectivity index is 1.68. The van der Waals surface area contributed by atoms with Crippen LogP contribution in [0.1, 0.15) is 58.0 Å². The number of para-hydroxylation sites is 1. The van der Waals surface area contributed by atoms with Crippen LogP contribution in [-0.2, 0) is 4.79 Å². The van der Waals surface area contributed by atoms with Crippen molar-refractivity contribution in [3.8, 4) is 0 Å². The molecule has 134 valence electrons. The van der Waals surface area contributed by atoms with E-state index in [1.165, 1.54) is 0 Å². The van der Waals surface area contributed by atoms with Crippen LogP contribution in [0.25, 0.3) is 0 Å². The minimum atomic E-state index is -0.336. The molecule has 1 aliphatic heterocycles. The van der Waals surface area contributed by atoms with Crippen molar-refractivity contribution in [2.75, 3.05) is 11.9 Å². The van der Waals surface area contributed by atoms with Gasteiger partial charge < -0.3 is 5.32 Å². The van der Waals surface area contributed by atoms with Crippen LogP contribution in [0.2, 0.25) is 0 Å². The molecule has 1 heterocycles. The van der Waals surface area contributed by atoms with E-state index in [4.69, 9.17) is 0 Å². The molecular formula is C21H22N2O3. The van der Waals surface area contributed by atoms with Gasteiger partial charge in [0.2, 0.25) is 5.91 Å². The number of amides is 3. The average Bonchev–Trinajstić information content (AvgIpc) is 2.86. The fraction of sp³-hybridized carbons (Fsp3) is 0.286. The lowest BCUT2D eigenvalue weighted by Crippen LogP contribution is -2.33. The summed E-state index contributed by atoms with van der Waals surface area (Å²) in [5.74, 6) is -0.603. The molecule has 3 amide bonds. The van der Waals surface area contributed by atoms with Gasteiger partial charge in [-0.3, -0.25) is 19.3 Å². The quantitative estimate of drug-likeness (QED) is 0.835. The van der Waals surface area contributed by atoms with E-state index < -0.39 is 0 Å². The van der Waals surface area contributed by atoms with Crippen LogP contribution in [0, 0.1) is 6.92 Å². The molecule has 3 rings (SSSR count). The molecule has 0 radical (unpaired) electrons. The Hall–Kier alpha value is -2.95. The summed E-state index contributed by atoms with van der Waals surface area (Å²) in [7, 11) is 0. The molecule has 2 aromatic rings. The first-order chi connectivity index (χ1) is 12.4. The van der Waals surface area contributed by atoms with E-state index in [1.807, 2.05) is 25.1 Å². The lowest BCUT2D eigenvalue weighted by molar-refractivity contribution is -0.116. The van der Waals surface area contributed by atoms with Crippen molar-refractivity contribution in [3.63, 3.8) is 0 Å². The Kier molecular flexibility index (Phi) is 4.89. The molecule has 5 nitrogen and oxygen atoms in total. The van der Waals surface area contributed by atoms with Crippen LogP contribution >= 0.6 is 0 Å². The molecule has 0 spiro atoms. The summed E-state index contributed by atoms with van der Waals surface area (Å²) < 4.78 is 0. The summed E-state index contributed by atoms with van der Waals surface area (Å²) in [5, 5.41) is 2.95. The molecule has 26 heavy (non-hydrogen) atoms. The third-order valence-electron chi connectivity index (χ3n) is 4.63. The Morgan fingerprint density at radius 3 is 2.19 bits per heavy atom. The van der Waals surface area contributed by atoms with Crippen molar-refractivity contribution in [1.29, 1.82) is 0 Å². The zero-order chi connectivity index (χ0) is 18.8. The van der Waals surface area contributed by atoms with Gasteiger partial charge in [0.15, 0.2) is 0 Å². The molecule has 5 heteroatoms. The predicted molar refractivity (Wildman–Crippen MR) is 100 cm³/mol. The number of nitrogens with one attached hydrogen (secondary N) is 1. The monoisotopic (exact) mass is 350 g/mol. The van der Waals surface area contributed by atoms with Crippen LogP contribution in [0.4, 0.5) is 5.69 Å². The summed E-state index contributed by atoms with van der Waals surface area (Å²) in [5.41, 5.74) is 3.68. The number of hydrogen-bond donors (Lipinski definition) is 1. The van der Waals surface area contributed by atoms with Gasteiger partial charge in [-0.05, 0) is 36.1 Å². The number of fused-ring (bicyclic) bond motifs is 1. The van der Waals surface area contributed by atoms with Crippen LogP contribution in [0.15, 0.2) is 42.5 Å². The van der Waals surface area contributed by atoms with Crippen molar-refractivity contribution in [2.45, 2.75) is 33.1 Å². The SMILES string of the molecule is Cc1cccc(C(C)C)c1NC(=O)CCN1C(=O)c2ccccc2C1=O. The summed E-state index contributed by atoms with van der Waals surface area (Å²) in [6.07, 6.45) is 0.0668. The number of carbonyl (C=O) groups is 3. The molecule has 1 aliphatic rings. The zero-order valence-electron chi connectivity index (χ0n) is 15.2. The lowest BCUT2D eigenvalue weighted by Gasteiger charge is -2.17. The minimum Gasteiger partial charge on any atom is -0.326 e. The maximum atomic E-state index is 12.4. The van der Waals surface area contributed by atoms with Crippen molar-refractivity contribution in [3.05, 3.63) is 64.7 Å². The van der Waals surface area contributed by atoms with Gasteiger partial charge in [0.05, 0.1) is 11.1 Å². The van der Waals surface area contributed by atoms with Crippen LogP contribution in [0.5, 0.6) is 0 Å². The Labute approximate surface area is 153 Å². The standard InChI is InChI=1S/C21H22N2O3/c1-13(2)15-10-6-7-14(3)19(15)22-18(24)11-12-23-20(25)16-8-4-5-9-17(16)21(23)26/h4-10,13H,11-12H2,1-3H3,(H,22,24). The molecule has 1 N–H and O–H groups in total. The maximum Gasteiger partial charge on any atom is 0.261 e. The highest BCUT2D eigenvalue weighted by Gasteiger charge is 2.35. The highest BCUT2D eigenvalue weighted by molar-refractivity contribution is 6.21. The van der Waals surface area contributed by atoms with Crippen molar-refractivity contribution >= 4 is 23.4 Å². The third-order valence-corrected chi connectivity index (χ3v) is 4.63. The molecule has 2 aromatic carbocycles. The smallest absolute Gasteiger partial charge is 0.261 e. The van der Waals surface area contributed by atoms with E-state index in [9.17, 15) is 14.4 Å². The second kappa shape index (κ2) is 7.12. The first kappa shape index (κ1) is 17.9. The number of nitrogens with zero attached hydrogens (tertiary/aromatic N) is 1. The lowest BCUT2D eigenvalue weighted by atomic mass is 9.98. The van der Waals surface area contributed by atoms with Gasteiger partial charge in [0, 0.05) is 18.7 Å². The van der Waals surface area contributed by atoms with Gasteiger partial charge in [0.25, 0.3) is 11.8 Å². The number of imide groups is 1. The number of anilines is 1. The zero-order valence-corrected chi connectivity index (χ0v) is 15.2. The van der Waals surface area contributed by atoms with Crippen LogP contribution in [0.3, 0.4) is 0 Å². The molecule has 0 saturated carbocycles. The topological polar surface area (TPSA) is 66.5 Å². The Bertz CT molecular complexity index is 852. The first-order valence-corrected chi connectivity index (χ1v) is 8.74. The first-order valence-electron chi connectivity index (χ1n) is 8.74. The fourth-order valence-electron chi connectivity index (χ4n) is 3.20. The number of rotatable bonds is 5. The van der Waals surface area contributed by atoms with Crippen LogP contribution < -0.4 is 5.32 Å². The second-order valence-corrected chi connectivity index (χ2v) is 6.80. The highest BCUT2D eigenvalue weighted by atomic mass is 16.2. The van der Waals surface area contributed by atoms with Gasteiger partial charge in [-0.15, -0.1) is 0 Å². The van der Waals surface area contributed by atoms with Gasteiger partial charge in [-0.2, -0.15) is 0 Å². The molecule has 0 aliphatic carbocycles. The number of aryl methyl sites for hydroxylation is 1. The Morgan fingerprint density at radius 2 is 1.62 bits per heavy atom. The van der Waals surface area contributed by atoms with Gasteiger partial charge >= 0.3 is 0 Å². The maximum absolute atomic E-state index is 12.4. The average molecular weight is 350 g/mol. The van der Waals surface area contributed by atoms with Crippen molar-refractivity contribution < 1.29 is 14.4 Å². The van der Waals surface area contributed by atoms with E-state index >= 15 is 0 Å². The predicted octanol–water partition coefficient (Wildman–Crippen LogP) is 3.74. The van der Waals surface area contributed by atoms with Gasteiger partial charge in [0.1, 0.15) is 0 Å². The van der Waals surface area contributed by atoms with E-state index in [1.54, 1.807) is 24.3 Å². The largest absolute Gasteiger partial charge is 0.326 e. The van der Waals surface area contributed by atoms with Crippen LogP contribution in [-0.4, -0.2) is 29.2 Å². The molecule has 0 unspecified atom stereocenters. The normalized spacial score (nSPS) is 13.3. The fourth-order valence-corrected chi connectivity index (χ4v) is 3.20. The second-order valence-electron chi connectivity index (χ2n) is 6.80. The molecule has 0 saturated heterocycles. The van der Waals surface area contributed by atoms with E-state index in [2.05, 4.69) is 19.2 Å². The van der Waals surface area contributed by atoms with E-state index in [0.29, 0.717) is 11.1 Å². The van der Waals surface area contributed by atoms with E-state index in [-0.39, 0.29) is 36.6 Å². The summed E-state index contributed by atoms with van der Waals surface area (Å²) in [6.45, 7) is 6.17. The molecule has 0 fully saturated rings.